The van der Waals surface area contributed by atoms with Gasteiger partial charge in [-0.05, 0) is 19.4 Å². The van der Waals surface area contributed by atoms with Crippen LogP contribution in [-0.4, -0.2) is 52.7 Å². The standard InChI is InChI=1S/C13H23N5O3/c1-4-10(9-21-14)17(3)12(19)8-15-13(20)11-6-7-18(5-2)16-11/h6-7,10H,4-5,8-9,14H2,1-3H3,(H,15,20). The predicted octanol–water partition coefficient (Wildman–Crippen LogP) is -0.240. The second kappa shape index (κ2) is 8.38. The minimum atomic E-state index is -0.368. The van der Waals surface area contributed by atoms with E-state index >= 15 is 0 Å². The van der Waals surface area contributed by atoms with Gasteiger partial charge in [-0.15, -0.1) is 0 Å². The highest BCUT2D eigenvalue weighted by atomic mass is 16.6. The van der Waals surface area contributed by atoms with E-state index in [4.69, 9.17) is 5.90 Å². The van der Waals surface area contributed by atoms with Crippen LogP contribution in [0.5, 0.6) is 0 Å². The fraction of sp³-hybridized carbons (Fsp3) is 0.615. The van der Waals surface area contributed by atoms with Gasteiger partial charge in [0.05, 0.1) is 19.2 Å². The van der Waals surface area contributed by atoms with Crippen LogP contribution >= 0.6 is 0 Å². The zero-order chi connectivity index (χ0) is 15.8. The van der Waals surface area contributed by atoms with E-state index < -0.39 is 0 Å². The molecular formula is C13H23N5O3. The lowest BCUT2D eigenvalue weighted by atomic mass is 10.2. The number of nitrogens with one attached hydrogen (secondary N) is 1. The lowest BCUT2D eigenvalue weighted by Gasteiger charge is -2.26. The molecule has 0 aliphatic rings. The maximum absolute atomic E-state index is 12.0. The van der Waals surface area contributed by atoms with E-state index in [0.717, 1.165) is 0 Å². The van der Waals surface area contributed by atoms with E-state index in [1.807, 2.05) is 13.8 Å². The van der Waals surface area contributed by atoms with E-state index in [9.17, 15) is 9.59 Å². The smallest absolute Gasteiger partial charge is 0.272 e. The van der Waals surface area contributed by atoms with Crippen molar-refractivity contribution in [3.63, 3.8) is 0 Å². The number of hydrogen-bond donors (Lipinski definition) is 2. The van der Waals surface area contributed by atoms with Gasteiger partial charge >= 0.3 is 0 Å². The van der Waals surface area contributed by atoms with Crippen LogP contribution in [0.1, 0.15) is 30.8 Å². The molecule has 1 rings (SSSR count). The molecule has 0 radical (unpaired) electrons. The number of aryl methyl sites for hydroxylation is 1. The quantitative estimate of drug-likeness (QED) is 0.645. The van der Waals surface area contributed by atoms with E-state index in [-0.39, 0.29) is 31.0 Å². The number of hydrogen-bond acceptors (Lipinski definition) is 5. The minimum Gasteiger partial charge on any atom is -0.342 e. The molecule has 0 fully saturated rings. The predicted molar refractivity (Wildman–Crippen MR) is 77.2 cm³/mol. The normalized spacial score (nSPS) is 12.0. The number of nitrogens with zero attached hydrogens (tertiary/aromatic N) is 3. The highest BCUT2D eigenvalue weighted by molar-refractivity contribution is 5.94. The molecule has 8 heteroatoms. The van der Waals surface area contributed by atoms with Gasteiger partial charge in [0.15, 0.2) is 0 Å². The molecule has 0 saturated heterocycles. The topological polar surface area (TPSA) is 102 Å². The Balaban J connectivity index is 2.49. The fourth-order valence-corrected chi connectivity index (χ4v) is 1.85. The van der Waals surface area contributed by atoms with E-state index in [1.165, 1.54) is 4.90 Å². The molecule has 118 valence electrons. The summed E-state index contributed by atoms with van der Waals surface area (Å²) in [7, 11) is 1.66. The molecule has 0 spiro atoms. The van der Waals surface area contributed by atoms with Gasteiger partial charge < -0.3 is 15.1 Å². The summed E-state index contributed by atoms with van der Waals surface area (Å²) in [4.78, 5) is 30.0. The number of likely N-dealkylation sites (N-methyl/N-ethyl adjacent to an activating group) is 1. The molecule has 8 nitrogen and oxygen atoms in total. The molecule has 1 aromatic heterocycles. The molecule has 1 atom stereocenters. The first-order valence-corrected chi connectivity index (χ1v) is 6.92. The van der Waals surface area contributed by atoms with Gasteiger partial charge in [-0.3, -0.25) is 14.3 Å². The van der Waals surface area contributed by atoms with Crippen molar-refractivity contribution in [3.8, 4) is 0 Å². The summed E-state index contributed by atoms with van der Waals surface area (Å²) in [6.07, 6.45) is 2.43. The van der Waals surface area contributed by atoms with Crippen LogP contribution < -0.4 is 11.2 Å². The zero-order valence-electron chi connectivity index (χ0n) is 12.7. The Hall–Kier alpha value is -1.93. The first-order valence-electron chi connectivity index (χ1n) is 6.92. The first kappa shape index (κ1) is 17.1. The van der Waals surface area contributed by atoms with Gasteiger partial charge in [0, 0.05) is 19.8 Å². The number of rotatable bonds is 8. The van der Waals surface area contributed by atoms with E-state index in [2.05, 4.69) is 15.3 Å². The van der Waals surface area contributed by atoms with Crippen LogP contribution in [0.3, 0.4) is 0 Å². The molecule has 1 aromatic rings. The van der Waals surface area contributed by atoms with E-state index in [1.54, 1.807) is 24.0 Å². The molecule has 0 bridgehead atoms. The average molecular weight is 297 g/mol. The van der Waals surface area contributed by atoms with Crippen LogP contribution in [0.25, 0.3) is 0 Å². The molecular weight excluding hydrogens is 274 g/mol. The van der Waals surface area contributed by atoms with Gasteiger partial charge in [0.1, 0.15) is 5.69 Å². The van der Waals surface area contributed by atoms with Crippen molar-refractivity contribution < 1.29 is 14.4 Å². The van der Waals surface area contributed by atoms with Crippen molar-refractivity contribution in [2.75, 3.05) is 20.2 Å². The van der Waals surface area contributed by atoms with Crippen LogP contribution in [0, 0.1) is 0 Å². The number of aromatic nitrogens is 2. The Morgan fingerprint density at radius 1 is 1.52 bits per heavy atom. The second-order valence-electron chi connectivity index (χ2n) is 4.64. The van der Waals surface area contributed by atoms with Crippen molar-refractivity contribution in [2.24, 2.45) is 5.90 Å². The molecule has 0 aliphatic carbocycles. The summed E-state index contributed by atoms with van der Waals surface area (Å²) in [5.74, 6) is 4.46. The summed E-state index contributed by atoms with van der Waals surface area (Å²) in [5, 5.41) is 6.64. The van der Waals surface area contributed by atoms with Crippen LogP contribution in [-0.2, 0) is 16.2 Å². The van der Waals surface area contributed by atoms with Gasteiger partial charge in [-0.1, -0.05) is 6.92 Å². The summed E-state index contributed by atoms with van der Waals surface area (Å²) in [6, 6.07) is 1.50. The largest absolute Gasteiger partial charge is 0.342 e. The monoisotopic (exact) mass is 297 g/mol. The van der Waals surface area contributed by atoms with Crippen LogP contribution in [0.2, 0.25) is 0 Å². The maximum Gasteiger partial charge on any atom is 0.272 e. The third-order valence-electron chi connectivity index (χ3n) is 3.30. The Bertz CT molecular complexity index is 474. The van der Waals surface area contributed by atoms with Gasteiger partial charge in [0.25, 0.3) is 5.91 Å². The molecule has 1 unspecified atom stereocenters. The van der Waals surface area contributed by atoms with Crippen molar-refractivity contribution in [1.29, 1.82) is 0 Å². The molecule has 0 saturated carbocycles. The van der Waals surface area contributed by atoms with Gasteiger partial charge in [-0.25, -0.2) is 5.90 Å². The van der Waals surface area contributed by atoms with Gasteiger partial charge in [0.2, 0.25) is 5.91 Å². The summed E-state index contributed by atoms with van der Waals surface area (Å²) >= 11 is 0. The molecule has 21 heavy (non-hydrogen) atoms. The summed E-state index contributed by atoms with van der Waals surface area (Å²) in [5.41, 5.74) is 0.296. The third-order valence-corrected chi connectivity index (χ3v) is 3.30. The second-order valence-corrected chi connectivity index (χ2v) is 4.64. The Morgan fingerprint density at radius 3 is 2.76 bits per heavy atom. The first-order chi connectivity index (χ1) is 10.0. The fourth-order valence-electron chi connectivity index (χ4n) is 1.85. The number of amides is 2. The van der Waals surface area contributed by atoms with Crippen molar-refractivity contribution in [2.45, 2.75) is 32.9 Å². The molecule has 0 aliphatic heterocycles. The number of nitrogens with two attached hydrogens (primary N) is 1. The molecule has 0 aromatic carbocycles. The summed E-state index contributed by atoms with van der Waals surface area (Å²) < 4.78 is 1.65. The van der Waals surface area contributed by atoms with Crippen molar-refractivity contribution in [1.82, 2.24) is 20.0 Å². The molecule has 1 heterocycles. The van der Waals surface area contributed by atoms with E-state index in [0.29, 0.717) is 18.7 Å². The van der Waals surface area contributed by atoms with Crippen molar-refractivity contribution >= 4 is 11.8 Å². The van der Waals surface area contributed by atoms with Crippen LogP contribution in [0.15, 0.2) is 12.3 Å². The Labute approximate surface area is 124 Å². The highest BCUT2D eigenvalue weighted by Gasteiger charge is 2.19. The third kappa shape index (κ3) is 4.83. The SMILES string of the molecule is CCC(CON)N(C)C(=O)CNC(=O)c1ccn(CC)n1. The zero-order valence-corrected chi connectivity index (χ0v) is 12.7. The number of carbonyl (C=O) groups is 2. The lowest BCUT2D eigenvalue weighted by molar-refractivity contribution is -0.132. The Kier molecular flexibility index (Phi) is 6.83. The lowest BCUT2D eigenvalue weighted by Crippen LogP contribution is -2.45. The Morgan fingerprint density at radius 2 is 2.24 bits per heavy atom. The number of carbonyl (C=O) groups excluding carboxylic acids is 2. The molecule has 3 N–H and O–H groups in total. The molecule has 2 amide bonds. The maximum atomic E-state index is 12.0. The highest BCUT2D eigenvalue weighted by Crippen LogP contribution is 2.02. The average Bonchev–Trinajstić information content (AvgIpc) is 2.98. The summed E-state index contributed by atoms with van der Waals surface area (Å²) in [6.45, 7) is 4.72. The van der Waals surface area contributed by atoms with Gasteiger partial charge in [-0.2, -0.15) is 5.10 Å². The minimum absolute atomic E-state index is 0.0879. The van der Waals surface area contributed by atoms with Crippen molar-refractivity contribution in [3.05, 3.63) is 18.0 Å². The van der Waals surface area contributed by atoms with Crippen LogP contribution in [0.4, 0.5) is 0 Å².